The van der Waals surface area contributed by atoms with Crippen molar-refractivity contribution in [3.8, 4) is 0 Å². The van der Waals surface area contributed by atoms with Crippen LogP contribution in [0.3, 0.4) is 0 Å². The zero-order valence-electron chi connectivity index (χ0n) is 11.9. The maximum atomic E-state index is 6.06. The van der Waals surface area contributed by atoms with E-state index in [9.17, 15) is 0 Å². The molecule has 1 N–H and O–H groups in total. The highest BCUT2D eigenvalue weighted by atomic mass is 16.5. The molecule has 0 aromatic rings. The average Bonchev–Trinajstić information content (AvgIpc) is 2.31. The summed E-state index contributed by atoms with van der Waals surface area (Å²) in [7, 11) is 0. The monoisotopic (exact) mass is 239 g/mol. The molecule has 0 amide bonds. The Morgan fingerprint density at radius 1 is 1.29 bits per heavy atom. The molecule has 0 saturated carbocycles. The molecule has 2 nitrogen and oxygen atoms in total. The molecular weight excluding hydrogens is 210 g/mol. The summed E-state index contributed by atoms with van der Waals surface area (Å²) in [5.74, 6) is 1.49. The van der Waals surface area contributed by atoms with Gasteiger partial charge in [0, 0.05) is 12.6 Å². The first-order valence-corrected chi connectivity index (χ1v) is 7.13. The topological polar surface area (TPSA) is 21.3 Å². The zero-order chi connectivity index (χ0) is 12.7. The summed E-state index contributed by atoms with van der Waals surface area (Å²) >= 11 is 0. The lowest BCUT2D eigenvalue weighted by atomic mass is 9.85. The van der Waals surface area contributed by atoms with Crippen LogP contribution < -0.4 is 5.32 Å². The molecule has 1 aliphatic rings. The molecule has 0 aromatic heterocycles. The number of rotatable bonds is 7. The highest BCUT2D eigenvalue weighted by molar-refractivity contribution is 4.93. The number of ether oxygens (including phenoxy) is 1. The van der Waals surface area contributed by atoms with Crippen LogP contribution in [0.4, 0.5) is 0 Å². The third kappa shape index (κ3) is 5.69. The predicted octanol–water partition coefficient (Wildman–Crippen LogP) is 3.38. The van der Waals surface area contributed by atoms with E-state index < -0.39 is 0 Å². The van der Waals surface area contributed by atoms with Gasteiger partial charge in [-0.1, -0.05) is 39.8 Å². The highest BCUT2D eigenvalue weighted by Gasteiger charge is 2.19. The fourth-order valence-corrected chi connectivity index (χ4v) is 2.19. The zero-order valence-corrected chi connectivity index (χ0v) is 11.9. The maximum Gasteiger partial charge on any atom is 0.0697 e. The van der Waals surface area contributed by atoms with Gasteiger partial charge in [-0.25, -0.2) is 0 Å². The fourth-order valence-electron chi connectivity index (χ4n) is 2.19. The van der Waals surface area contributed by atoms with Gasteiger partial charge in [0.05, 0.1) is 12.7 Å². The van der Waals surface area contributed by atoms with E-state index in [0.717, 1.165) is 25.5 Å². The second kappa shape index (κ2) is 7.88. The van der Waals surface area contributed by atoms with E-state index in [1.807, 2.05) is 0 Å². The Morgan fingerprint density at radius 2 is 2.00 bits per heavy atom. The van der Waals surface area contributed by atoms with Gasteiger partial charge >= 0.3 is 0 Å². The van der Waals surface area contributed by atoms with Crippen molar-refractivity contribution in [1.29, 1.82) is 0 Å². The highest BCUT2D eigenvalue weighted by Crippen LogP contribution is 2.25. The second-order valence-corrected chi connectivity index (χ2v) is 5.61. The Kier molecular flexibility index (Phi) is 6.83. The summed E-state index contributed by atoms with van der Waals surface area (Å²) in [6, 6.07) is 0.546. The molecule has 0 fully saturated rings. The van der Waals surface area contributed by atoms with Crippen LogP contribution in [0.2, 0.25) is 0 Å². The van der Waals surface area contributed by atoms with Crippen molar-refractivity contribution >= 4 is 0 Å². The van der Waals surface area contributed by atoms with Crippen molar-refractivity contribution in [2.45, 2.75) is 59.1 Å². The van der Waals surface area contributed by atoms with Gasteiger partial charge in [0.2, 0.25) is 0 Å². The lowest BCUT2D eigenvalue weighted by molar-refractivity contribution is 0.0142. The van der Waals surface area contributed by atoms with Crippen LogP contribution in [-0.2, 0) is 4.74 Å². The normalized spacial score (nSPS) is 26.4. The van der Waals surface area contributed by atoms with Gasteiger partial charge in [-0.3, -0.25) is 0 Å². The molecular formula is C15H29NO. The Labute approximate surface area is 107 Å². The van der Waals surface area contributed by atoms with Crippen LogP contribution in [0.15, 0.2) is 12.2 Å². The third-order valence-electron chi connectivity index (χ3n) is 3.67. The van der Waals surface area contributed by atoms with Gasteiger partial charge in [-0.15, -0.1) is 0 Å². The molecule has 0 saturated heterocycles. The summed E-state index contributed by atoms with van der Waals surface area (Å²) in [6.45, 7) is 10.8. The summed E-state index contributed by atoms with van der Waals surface area (Å²) < 4.78 is 6.06. The van der Waals surface area contributed by atoms with Crippen LogP contribution in [0, 0.1) is 11.8 Å². The molecule has 1 rings (SSSR count). The molecule has 0 radical (unpaired) electrons. The standard InChI is InChI=1S/C15H29NO/c1-5-15(10-16-12(2)3)17-11-14-9-7-6-8-13(14)4/h6-7,12-16H,5,8-11H2,1-4H3. The van der Waals surface area contributed by atoms with Crippen LogP contribution >= 0.6 is 0 Å². The molecule has 0 aliphatic heterocycles. The number of hydrogen-bond acceptors (Lipinski definition) is 2. The van der Waals surface area contributed by atoms with Crippen LogP contribution in [0.1, 0.15) is 47.0 Å². The van der Waals surface area contributed by atoms with E-state index in [2.05, 4.69) is 45.2 Å². The number of allylic oxidation sites excluding steroid dienone is 2. The van der Waals surface area contributed by atoms with E-state index in [0.29, 0.717) is 18.1 Å². The minimum atomic E-state index is 0.371. The van der Waals surface area contributed by atoms with Crippen molar-refractivity contribution in [3.05, 3.63) is 12.2 Å². The molecule has 2 heteroatoms. The minimum Gasteiger partial charge on any atom is -0.377 e. The lowest BCUT2D eigenvalue weighted by Crippen LogP contribution is -2.34. The summed E-state index contributed by atoms with van der Waals surface area (Å²) in [5.41, 5.74) is 0. The third-order valence-corrected chi connectivity index (χ3v) is 3.67. The first kappa shape index (κ1) is 14.7. The molecule has 0 heterocycles. The molecule has 3 unspecified atom stereocenters. The minimum absolute atomic E-state index is 0.371. The van der Waals surface area contributed by atoms with Crippen molar-refractivity contribution in [3.63, 3.8) is 0 Å². The largest absolute Gasteiger partial charge is 0.377 e. The summed E-state index contributed by atoms with van der Waals surface area (Å²) in [4.78, 5) is 0. The Morgan fingerprint density at radius 3 is 2.59 bits per heavy atom. The maximum absolute atomic E-state index is 6.06. The van der Waals surface area contributed by atoms with Gasteiger partial charge in [-0.05, 0) is 31.1 Å². The molecule has 0 spiro atoms. The van der Waals surface area contributed by atoms with Gasteiger partial charge in [0.25, 0.3) is 0 Å². The van der Waals surface area contributed by atoms with E-state index in [4.69, 9.17) is 4.74 Å². The molecule has 0 aromatic carbocycles. The molecule has 3 atom stereocenters. The smallest absolute Gasteiger partial charge is 0.0697 e. The Hall–Kier alpha value is -0.340. The van der Waals surface area contributed by atoms with Gasteiger partial charge in [-0.2, -0.15) is 0 Å². The first-order valence-electron chi connectivity index (χ1n) is 7.13. The second-order valence-electron chi connectivity index (χ2n) is 5.61. The number of nitrogens with one attached hydrogen (secondary N) is 1. The van der Waals surface area contributed by atoms with Crippen molar-refractivity contribution in [2.75, 3.05) is 13.2 Å². The van der Waals surface area contributed by atoms with E-state index in [-0.39, 0.29) is 0 Å². The molecule has 100 valence electrons. The number of hydrogen-bond donors (Lipinski definition) is 1. The van der Waals surface area contributed by atoms with Gasteiger partial charge in [0.15, 0.2) is 0 Å². The van der Waals surface area contributed by atoms with Crippen molar-refractivity contribution in [1.82, 2.24) is 5.32 Å². The Balaban J connectivity index is 2.24. The Bertz CT molecular complexity index is 225. The SMILES string of the molecule is CCC(CNC(C)C)OCC1CC=CCC1C. The van der Waals surface area contributed by atoms with Crippen molar-refractivity contribution in [2.24, 2.45) is 11.8 Å². The van der Waals surface area contributed by atoms with Gasteiger partial charge in [0.1, 0.15) is 0 Å². The van der Waals surface area contributed by atoms with Crippen LogP contribution in [0.25, 0.3) is 0 Å². The first-order chi connectivity index (χ1) is 8.13. The van der Waals surface area contributed by atoms with Crippen molar-refractivity contribution < 1.29 is 4.74 Å². The fraction of sp³-hybridized carbons (Fsp3) is 0.867. The van der Waals surface area contributed by atoms with E-state index >= 15 is 0 Å². The summed E-state index contributed by atoms with van der Waals surface area (Å²) in [5, 5.41) is 3.46. The molecule has 1 aliphatic carbocycles. The quantitative estimate of drug-likeness (QED) is 0.688. The average molecular weight is 239 g/mol. The predicted molar refractivity (Wildman–Crippen MR) is 74.2 cm³/mol. The van der Waals surface area contributed by atoms with Crippen LogP contribution in [0.5, 0.6) is 0 Å². The van der Waals surface area contributed by atoms with Crippen LogP contribution in [-0.4, -0.2) is 25.3 Å². The van der Waals surface area contributed by atoms with E-state index in [1.165, 1.54) is 12.8 Å². The lowest BCUT2D eigenvalue weighted by Gasteiger charge is -2.27. The van der Waals surface area contributed by atoms with Gasteiger partial charge < -0.3 is 10.1 Å². The molecule has 17 heavy (non-hydrogen) atoms. The molecule has 0 bridgehead atoms. The van der Waals surface area contributed by atoms with E-state index in [1.54, 1.807) is 0 Å². The summed E-state index contributed by atoms with van der Waals surface area (Å²) in [6.07, 6.45) is 8.48.